The molecule has 1 saturated heterocycles. The molecule has 4 rings (SSSR count). The van der Waals surface area contributed by atoms with Crippen molar-refractivity contribution in [2.24, 2.45) is 0 Å². The smallest absolute Gasteiger partial charge is 0.352 e. The average molecular weight is 515 g/mol. The number of β-lactam (4-membered cyclic amide) rings is 1. The van der Waals surface area contributed by atoms with Crippen molar-refractivity contribution in [3.05, 3.63) is 47.2 Å². The van der Waals surface area contributed by atoms with E-state index in [1.807, 2.05) is 0 Å². The van der Waals surface area contributed by atoms with Gasteiger partial charge in [0.05, 0.1) is 0 Å². The molecule has 2 aliphatic rings. The zero-order valence-corrected chi connectivity index (χ0v) is 19.6. The number of carbonyl (C=O) groups is 4. The van der Waals surface area contributed by atoms with Crippen LogP contribution in [0.3, 0.4) is 0 Å². The third-order valence-corrected chi connectivity index (χ3v) is 7.58. The molecule has 0 bridgehead atoms. The predicted molar refractivity (Wildman–Crippen MR) is 123 cm³/mol. The predicted octanol–water partition coefficient (Wildman–Crippen LogP) is 0.0513. The van der Waals surface area contributed by atoms with E-state index in [1.54, 1.807) is 30.3 Å². The number of terminal acetylenes is 1. The van der Waals surface area contributed by atoms with Crippen LogP contribution in [0.5, 0.6) is 0 Å². The standard InChI is InChI=1S/C21H18N6O6S2/c1-2-8-26-21(23-24-25-26)35-10-13-9-34-19-14(18(30)27(19)15(13)20(31)32)22-17(29)16(33-11-28)12-6-4-3-5-7-12/h1,3-7,11,14,16,19H,8-10H2,(H,22,29)(H,31,32)/t14?,16?,19-/m0/s1. The number of rotatable bonds is 10. The molecule has 2 N–H and O–H groups in total. The fourth-order valence-electron chi connectivity index (χ4n) is 3.64. The molecule has 35 heavy (non-hydrogen) atoms. The van der Waals surface area contributed by atoms with Crippen LogP contribution in [0.25, 0.3) is 0 Å². The molecule has 1 fully saturated rings. The highest BCUT2D eigenvalue weighted by atomic mass is 32.2. The fourth-order valence-corrected chi connectivity index (χ4v) is 6.00. The lowest BCUT2D eigenvalue weighted by Gasteiger charge is -2.49. The summed E-state index contributed by atoms with van der Waals surface area (Å²) in [5, 5.41) is 23.5. The zero-order chi connectivity index (χ0) is 24.9. The largest absolute Gasteiger partial charge is 0.477 e. The van der Waals surface area contributed by atoms with Crippen LogP contribution in [0.4, 0.5) is 0 Å². The Morgan fingerprint density at radius 3 is 2.86 bits per heavy atom. The summed E-state index contributed by atoms with van der Waals surface area (Å²) in [6.45, 7) is 0.331. The molecule has 2 aliphatic heterocycles. The molecule has 2 amide bonds. The highest BCUT2D eigenvalue weighted by molar-refractivity contribution is 8.01. The van der Waals surface area contributed by atoms with E-state index in [2.05, 4.69) is 26.8 Å². The number of aliphatic carboxylic acids is 1. The second kappa shape index (κ2) is 10.6. The number of fused-ring (bicyclic) bond motifs is 1. The Kier molecular flexibility index (Phi) is 7.37. The first-order chi connectivity index (χ1) is 17.0. The van der Waals surface area contributed by atoms with Gasteiger partial charge in [0.2, 0.25) is 11.3 Å². The van der Waals surface area contributed by atoms with Gasteiger partial charge in [-0.15, -0.1) is 23.3 Å². The van der Waals surface area contributed by atoms with Crippen molar-refractivity contribution in [2.75, 3.05) is 11.5 Å². The van der Waals surface area contributed by atoms with Gasteiger partial charge in [-0.2, -0.15) is 0 Å². The number of hydrogen-bond acceptors (Lipinski definition) is 10. The van der Waals surface area contributed by atoms with E-state index < -0.39 is 35.3 Å². The number of benzene rings is 1. The number of hydrogen-bond donors (Lipinski definition) is 2. The summed E-state index contributed by atoms with van der Waals surface area (Å²) < 4.78 is 6.35. The van der Waals surface area contributed by atoms with Crippen molar-refractivity contribution >= 4 is 47.8 Å². The van der Waals surface area contributed by atoms with Crippen LogP contribution < -0.4 is 5.32 Å². The maximum absolute atomic E-state index is 12.9. The molecular formula is C21H18N6O6S2. The Morgan fingerprint density at radius 2 is 2.17 bits per heavy atom. The summed E-state index contributed by atoms with van der Waals surface area (Å²) in [7, 11) is 0. The molecule has 3 atom stereocenters. The van der Waals surface area contributed by atoms with E-state index in [9.17, 15) is 24.3 Å². The van der Waals surface area contributed by atoms with Crippen LogP contribution in [0, 0.1) is 12.3 Å². The average Bonchev–Trinajstić information content (AvgIpc) is 3.31. The highest BCUT2D eigenvalue weighted by Crippen LogP contribution is 2.41. The number of ether oxygens (including phenoxy) is 1. The van der Waals surface area contributed by atoms with Gasteiger partial charge in [0.25, 0.3) is 18.3 Å². The molecule has 1 aromatic carbocycles. The Labute approximate surface area is 207 Å². The van der Waals surface area contributed by atoms with E-state index in [4.69, 9.17) is 11.2 Å². The Morgan fingerprint density at radius 1 is 1.40 bits per heavy atom. The van der Waals surface area contributed by atoms with Gasteiger partial charge in [-0.3, -0.25) is 19.3 Å². The second-order valence-corrected chi connectivity index (χ2v) is 9.34. The Hall–Kier alpha value is -3.83. The van der Waals surface area contributed by atoms with Crippen molar-refractivity contribution in [3.8, 4) is 12.3 Å². The molecule has 0 spiro atoms. The van der Waals surface area contributed by atoms with Crippen LogP contribution in [-0.2, 0) is 30.5 Å². The SMILES string of the molecule is C#CCn1nnnc1SCC1=C(C(=O)O)N2C(=O)C(NC(=O)C(OC=O)c3ccccc3)[C@@H]2SC1. The summed E-state index contributed by atoms with van der Waals surface area (Å²) in [6, 6.07) is 7.40. The van der Waals surface area contributed by atoms with Crippen LogP contribution in [0.15, 0.2) is 46.8 Å². The van der Waals surface area contributed by atoms with Crippen molar-refractivity contribution < 1.29 is 29.0 Å². The number of thioether (sulfide) groups is 2. The molecule has 0 saturated carbocycles. The van der Waals surface area contributed by atoms with E-state index in [0.29, 0.717) is 22.0 Å². The first-order valence-electron chi connectivity index (χ1n) is 10.1. The molecular weight excluding hydrogens is 496 g/mol. The first kappa shape index (κ1) is 24.3. The number of amides is 2. The maximum Gasteiger partial charge on any atom is 0.352 e. The molecule has 2 unspecified atom stereocenters. The number of aromatic nitrogens is 4. The van der Waals surface area contributed by atoms with Crippen molar-refractivity contribution in [2.45, 2.75) is 29.2 Å². The summed E-state index contributed by atoms with van der Waals surface area (Å²) in [4.78, 5) is 49.9. The number of tetrazole rings is 1. The molecule has 3 heterocycles. The molecule has 180 valence electrons. The van der Waals surface area contributed by atoms with Crippen LogP contribution >= 0.6 is 23.5 Å². The molecule has 1 aromatic heterocycles. The van der Waals surface area contributed by atoms with Crippen molar-refractivity contribution in [3.63, 3.8) is 0 Å². The van der Waals surface area contributed by atoms with E-state index in [-0.39, 0.29) is 24.5 Å². The van der Waals surface area contributed by atoms with E-state index in [1.165, 1.54) is 33.1 Å². The monoisotopic (exact) mass is 514 g/mol. The lowest BCUT2D eigenvalue weighted by atomic mass is 10.0. The molecule has 0 radical (unpaired) electrons. The molecule has 14 heteroatoms. The Balaban J connectivity index is 1.48. The van der Waals surface area contributed by atoms with Gasteiger partial charge < -0.3 is 15.2 Å². The van der Waals surface area contributed by atoms with Gasteiger partial charge in [-0.25, -0.2) is 9.48 Å². The lowest BCUT2D eigenvalue weighted by molar-refractivity contribution is -0.154. The Bertz CT molecular complexity index is 1230. The quantitative estimate of drug-likeness (QED) is 0.191. The molecule has 2 aromatic rings. The van der Waals surface area contributed by atoms with Crippen molar-refractivity contribution in [1.82, 2.24) is 30.4 Å². The van der Waals surface area contributed by atoms with Gasteiger partial charge in [0.1, 0.15) is 23.7 Å². The number of nitrogens with zero attached hydrogens (tertiary/aromatic N) is 5. The topological polar surface area (TPSA) is 157 Å². The van der Waals surface area contributed by atoms with Gasteiger partial charge in [-0.1, -0.05) is 48.0 Å². The van der Waals surface area contributed by atoms with E-state index >= 15 is 0 Å². The van der Waals surface area contributed by atoms with Gasteiger partial charge >= 0.3 is 5.97 Å². The van der Waals surface area contributed by atoms with Gasteiger partial charge in [-0.05, 0) is 16.0 Å². The third kappa shape index (κ3) is 4.86. The summed E-state index contributed by atoms with van der Waals surface area (Å²) in [5.74, 6) is 0.490. The normalized spacial score (nSPS) is 19.7. The minimum atomic E-state index is -1.25. The maximum atomic E-state index is 12.9. The minimum Gasteiger partial charge on any atom is -0.477 e. The highest BCUT2D eigenvalue weighted by Gasteiger charge is 2.54. The fraction of sp³-hybridized carbons (Fsp3) is 0.286. The lowest BCUT2D eigenvalue weighted by Crippen LogP contribution is -2.71. The number of carbonyl (C=O) groups excluding carboxylic acids is 3. The van der Waals surface area contributed by atoms with Gasteiger partial charge in [0.15, 0.2) is 0 Å². The summed E-state index contributed by atoms with van der Waals surface area (Å²) in [6.07, 6.45) is 4.06. The number of carboxylic acids is 1. The number of carboxylic acid groups (broad SMARTS) is 1. The summed E-state index contributed by atoms with van der Waals surface area (Å²) >= 11 is 2.53. The number of nitrogens with one attached hydrogen (secondary N) is 1. The second-order valence-electron chi connectivity index (χ2n) is 7.29. The molecule has 0 aliphatic carbocycles. The van der Waals surface area contributed by atoms with Crippen LogP contribution in [0.2, 0.25) is 0 Å². The first-order valence-corrected chi connectivity index (χ1v) is 12.2. The molecule has 12 nitrogen and oxygen atoms in total. The van der Waals surface area contributed by atoms with E-state index in [0.717, 1.165) is 0 Å². The summed E-state index contributed by atoms with van der Waals surface area (Å²) in [5.41, 5.74) is 0.828. The third-order valence-electron chi connectivity index (χ3n) is 5.20. The zero-order valence-electron chi connectivity index (χ0n) is 17.9. The minimum absolute atomic E-state index is 0.128. The van der Waals surface area contributed by atoms with Crippen molar-refractivity contribution in [1.29, 1.82) is 0 Å². The van der Waals surface area contributed by atoms with Crippen LogP contribution in [-0.4, -0.2) is 77.4 Å². The van der Waals surface area contributed by atoms with Crippen LogP contribution in [0.1, 0.15) is 11.7 Å². The van der Waals surface area contributed by atoms with Gasteiger partial charge in [0, 0.05) is 17.1 Å².